The highest BCUT2D eigenvalue weighted by molar-refractivity contribution is 6.17. The first-order chi connectivity index (χ1) is 13.8. The lowest BCUT2D eigenvalue weighted by Crippen LogP contribution is -2.39. The number of benzene rings is 3. The van der Waals surface area contributed by atoms with Crippen LogP contribution in [0.4, 0.5) is 11.4 Å². The summed E-state index contributed by atoms with van der Waals surface area (Å²) < 4.78 is 0. The number of aliphatic imine (C=N–C) groups is 1. The van der Waals surface area contributed by atoms with Crippen LogP contribution in [0.5, 0.6) is 0 Å². The van der Waals surface area contributed by atoms with E-state index in [2.05, 4.69) is 78.6 Å². The molecule has 0 spiro atoms. The van der Waals surface area contributed by atoms with Gasteiger partial charge in [0, 0.05) is 11.3 Å². The van der Waals surface area contributed by atoms with Crippen LogP contribution in [0.1, 0.15) is 36.8 Å². The van der Waals surface area contributed by atoms with Gasteiger partial charge in [0.05, 0.1) is 11.4 Å². The number of unbranched alkanes of at least 4 members (excludes halogenated alkanes) is 2. The molecule has 1 N–H and O–H groups in total. The van der Waals surface area contributed by atoms with Gasteiger partial charge in [0.15, 0.2) is 0 Å². The Labute approximate surface area is 167 Å². The maximum atomic E-state index is 5.16. The summed E-state index contributed by atoms with van der Waals surface area (Å²) in [5.41, 5.74) is 5.40. The number of fused-ring (bicyclic) bond motifs is 1. The zero-order valence-corrected chi connectivity index (χ0v) is 16.1. The molecular formula is C26H26N2. The maximum absolute atomic E-state index is 5.16. The first-order valence-electron chi connectivity index (χ1n) is 10.0. The van der Waals surface area contributed by atoms with Crippen LogP contribution in [0.3, 0.4) is 0 Å². The van der Waals surface area contributed by atoms with Gasteiger partial charge in [-0.1, -0.05) is 79.2 Å². The SMILES string of the molecule is C=CCCCCC1(c2ccccc2)Nc2ccccc2C1=Nc1ccccc1. The standard InChI is InChI=1S/C26H26N2/c1-2-3-4-13-20-26(21-14-7-5-8-15-21)25(27-22-16-9-6-10-17-22)23-18-11-12-19-24(23)28-26/h2,5-12,14-19,28H,1,3-4,13,20H2. The van der Waals surface area contributed by atoms with E-state index >= 15 is 0 Å². The Morgan fingerprint density at radius 3 is 2.25 bits per heavy atom. The Bertz CT molecular complexity index is 960. The molecule has 3 aromatic rings. The minimum atomic E-state index is -0.318. The monoisotopic (exact) mass is 366 g/mol. The quantitative estimate of drug-likeness (QED) is 0.358. The van der Waals surface area contributed by atoms with Crippen LogP contribution in [-0.4, -0.2) is 5.71 Å². The molecule has 0 amide bonds. The second-order valence-corrected chi connectivity index (χ2v) is 7.27. The topological polar surface area (TPSA) is 24.4 Å². The zero-order valence-electron chi connectivity index (χ0n) is 16.1. The second kappa shape index (κ2) is 8.26. The van der Waals surface area contributed by atoms with Gasteiger partial charge < -0.3 is 5.32 Å². The minimum Gasteiger partial charge on any atom is -0.370 e. The zero-order chi connectivity index (χ0) is 19.2. The average molecular weight is 367 g/mol. The molecule has 0 fully saturated rings. The van der Waals surface area contributed by atoms with E-state index < -0.39 is 0 Å². The number of hydrogen-bond acceptors (Lipinski definition) is 2. The van der Waals surface area contributed by atoms with Crippen LogP contribution in [0.15, 0.2) is 103 Å². The number of nitrogens with zero attached hydrogens (tertiary/aromatic N) is 1. The average Bonchev–Trinajstić information content (AvgIpc) is 3.07. The van der Waals surface area contributed by atoms with E-state index in [0.717, 1.165) is 42.8 Å². The molecule has 0 saturated carbocycles. The van der Waals surface area contributed by atoms with Gasteiger partial charge in [-0.05, 0) is 43.0 Å². The molecule has 0 saturated heterocycles. The van der Waals surface area contributed by atoms with E-state index in [0.29, 0.717) is 0 Å². The summed E-state index contributed by atoms with van der Waals surface area (Å²) in [6.45, 7) is 3.87. The molecule has 3 aromatic carbocycles. The summed E-state index contributed by atoms with van der Waals surface area (Å²) in [4.78, 5) is 5.16. The van der Waals surface area contributed by atoms with E-state index in [1.807, 2.05) is 24.3 Å². The van der Waals surface area contributed by atoms with Crippen molar-refractivity contribution in [3.05, 3.63) is 109 Å². The molecule has 0 bridgehead atoms. The molecule has 2 nitrogen and oxygen atoms in total. The van der Waals surface area contributed by atoms with Crippen LogP contribution in [0, 0.1) is 0 Å². The van der Waals surface area contributed by atoms with Gasteiger partial charge in [-0.2, -0.15) is 0 Å². The van der Waals surface area contributed by atoms with Gasteiger partial charge in [0.25, 0.3) is 0 Å². The van der Waals surface area contributed by atoms with Crippen molar-refractivity contribution in [2.45, 2.75) is 31.2 Å². The van der Waals surface area contributed by atoms with Crippen LogP contribution in [0.25, 0.3) is 0 Å². The van der Waals surface area contributed by atoms with E-state index in [4.69, 9.17) is 4.99 Å². The molecule has 28 heavy (non-hydrogen) atoms. The number of anilines is 1. The van der Waals surface area contributed by atoms with Crippen molar-refractivity contribution in [3.63, 3.8) is 0 Å². The van der Waals surface area contributed by atoms with Crippen molar-refractivity contribution < 1.29 is 0 Å². The van der Waals surface area contributed by atoms with Crippen LogP contribution >= 0.6 is 0 Å². The summed E-state index contributed by atoms with van der Waals surface area (Å²) in [6.07, 6.45) is 6.28. The van der Waals surface area contributed by atoms with Gasteiger partial charge in [0.1, 0.15) is 5.54 Å². The molecule has 1 heterocycles. The predicted molar refractivity (Wildman–Crippen MR) is 119 cm³/mol. The van der Waals surface area contributed by atoms with Crippen molar-refractivity contribution in [1.82, 2.24) is 0 Å². The number of para-hydroxylation sites is 2. The van der Waals surface area contributed by atoms with Crippen molar-refractivity contribution >= 4 is 17.1 Å². The van der Waals surface area contributed by atoms with Crippen molar-refractivity contribution in [3.8, 4) is 0 Å². The number of rotatable bonds is 7. The lowest BCUT2D eigenvalue weighted by atomic mass is 9.80. The molecule has 0 aliphatic carbocycles. The molecule has 0 radical (unpaired) electrons. The summed E-state index contributed by atoms with van der Waals surface area (Å²) in [5.74, 6) is 0. The van der Waals surface area contributed by atoms with Gasteiger partial charge in [-0.15, -0.1) is 6.58 Å². The molecule has 0 aromatic heterocycles. The third-order valence-corrected chi connectivity index (χ3v) is 5.41. The largest absolute Gasteiger partial charge is 0.370 e. The normalized spacial score (nSPS) is 19.2. The fraction of sp³-hybridized carbons (Fsp3) is 0.192. The van der Waals surface area contributed by atoms with E-state index in [1.54, 1.807) is 0 Å². The molecule has 4 rings (SSSR count). The Hall–Kier alpha value is -3.13. The van der Waals surface area contributed by atoms with E-state index in [-0.39, 0.29) is 5.54 Å². The van der Waals surface area contributed by atoms with Gasteiger partial charge >= 0.3 is 0 Å². The highest BCUT2D eigenvalue weighted by Crippen LogP contribution is 2.44. The van der Waals surface area contributed by atoms with Crippen molar-refractivity contribution in [2.75, 3.05) is 5.32 Å². The Morgan fingerprint density at radius 1 is 0.821 bits per heavy atom. The fourth-order valence-corrected chi connectivity index (χ4v) is 4.04. The van der Waals surface area contributed by atoms with Crippen molar-refractivity contribution in [2.24, 2.45) is 4.99 Å². The molecule has 2 heteroatoms. The van der Waals surface area contributed by atoms with Crippen molar-refractivity contribution in [1.29, 1.82) is 0 Å². The minimum absolute atomic E-state index is 0.318. The summed E-state index contributed by atoms with van der Waals surface area (Å²) in [6, 6.07) is 29.5. The molecule has 1 atom stereocenters. The summed E-state index contributed by atoms with van der Waals surface area (Å²) >= 11 is 0. The highest BCUT2D eigenvalue weighted by atomic mass is 15.1. The molecular weight excluding hydrogens is 340 g/mol. The van der Waals surface area contributed by atoms with Gasteiger partial charge in [-0.3, -0.25) is 0 Å². The molecule has 1 unspecified atom stereocenters. The van der Waals surface area contributed by atoms with Crippen LogP contribution < -0.4 is 5.32 Å². The third kappa shape index (κ3) is 3.50. The number of hydrogen-bond donors (Lipinski definition) is 1. The summed E-state index contributed by atoms with van der Waals surface area (Å²) in [7, 11) is 0. The Morgan fingerprint density at radius 2 is 1.50 bits per heavy atom. The van der Waals surface area contributed by atoms with Crippen LogP contribution in [0.2, 0.25) is 0 Å². The smallest absolute Gasteiger partial charge is 0.106 e. The second-order valence-electron chi connectivity index (χ2n) is 7.27. The molecule has 140 valence electrons. The lowest BCUT2D eigenvalue weighted by molar-refractivity contribution is 0.553. The van der Waals surface area contributed by atoms with Gasteiger partial charge in [-0.25, -0.2) is 4.99 Å². The number of nitrogens with one attached hydrogen (secondary N) is 1. The first-order valence-corrected chi connectivity index (χ1v) is 10.0. The Balaban J connectivity index is 1.85. The van der Waals surface area contributed by atoms with Gasteiger partial charge in [0.2, 0.25) is 0 Å². The maximum Gasteiger partial charge on any atom is 0.106 e. The van der Waals surface area contributed by atoms with E-state index in [1.165, 1.54) is 11.1 Å². The highest BCUT2D eigenvalue weighted by Gasteiger charge is 2.43. The Kier molecular flexibility index (Phi) is 5.38. The third-order valence-electron chi connectivity index (χ3n) is 5.41. The lowest BCUT2D eigenvalue weighted by Gasteiger charge is -2.32. The number of allylic oxidation sites excluding steroid dienone is 1. The summed E-state index contributed by atoms with van der Waals surface area (Å²) in [5, 5.41) is 3.85. The fourth-order valence-electron chi connectivity index (χ4n) is 4.04. The van der Waals surface area contributed by atoms with E-state index in [9.17, 15) is 0 Å². The molecule has 1 aliphatic rings. The predicted octanol–water partition coefficient (Wildman–Crippen LogP) is 6.87. The first kappa shape index (κ1) is 18.2. The van der Waals surface area contributed by atoms with Crippen LogP contribution in [-0.2, 0) is 5.54 Å². The molecule has 1 aliphatic heterocycles.